The van der Waals surface area contributed by atoms with Gasteiger partial charge >= 0.3 is 5.97 Å². The van der Waals surface area contributed by atoms with Crippen LogP contribution >= 0.6 is 11.6 Å². The molecule has 4 heteroatoms. The third-order valence-corrected chi connectivity index (χ3v) is 3.40. The van der Waals surface area contributed by atoms with E-state index >= 15 is 0 Å². The predicted molar refractivity (Wildman–Crippen MR) is 78.5 cm³/mol. The molecule has 0 aromatic heterocycles. The summed E-state index contributed by atoms with van der Waals surface area (Å²) in [6, 6.07) is 8.18. The van der Waals surface area contributed by atoms with Crippen LogP contribution in [0, 0.1) is 5.92 Å². The smallest absolute Gasteiger partial charge is 0.303 e. The number of hydrogen-bond acceptors (Lipinski definition) is 2. The summed E-state index contributed by atoms with van der Waals surface area (Å²) >= 11 is 5.90. The zero-order valence-electron chi connectivity index (χ0n) is 11.7. The van der Waals surface area contributed by atoms with Crippen molar-refractivity contribution in [1.82, 2.24) is 5.32 Å². The van der Waals surface area contributed by atoms with Gasteiger partial charge in [0.05, 0.1) is 0 Å². The maximum atomic E-state index is 10.6. The van der Waals surface area contributed by atoms with Gasteiger partial charge < -0.3 is 10.4 Å². The quantitative estimate of drug-likeness (QED) is 0.798. The molecule has 1 rings (SSSR count). The standard InChI is InChI=1S/C15H22ClNO2/c1-10(2)15(12-5-7-13(16)8-6-12)17-11(3)4-9-14(18)19/h5-8,10-11,15,17H,4,9H2,1-3H3,(H,18,19). The molecule has 2 unspecified atom stereocenters. The molecule has 0 bridgehead atoms. The van der Waals surface area contributed by atoms with Crippen LogP contribution in [-0.2, 0) is 4.79 Å². The van der Waals surface area contributed by atoms with E-state index in [1.165, 1.54) is 5.56 Å². The Balaban J connectivity index is 2.67. The number of halogens is 1. The average Bonchev–Trinajstić information content (AvgIpc) is 2.34. The Labute approximate surface area is 120 Å². The number of carboxylic acids is 1. The van der Waals surface area contributed by atoms with Gasteiger partial charge in [-0.25, -0.2) is 0 Å². The molecule has 2 atom stereocenters. The fourth-order valence-electron chi connectivity index (χ4n) is 2.07. The van der Waals surface area contributed by atoms with Crippen LogP contribution in [0.1, 0.15) is 45.2 Å². The minimum Gasteiger partial charge on any atom is -0.481 e. The molecule has 1 aromatic rings. The molecule has 0 amide bonds. The summed E-state index contributed by atoms with van der Waals surface area (Å²) < 4.78 is 0. The molecule has 0 aliphatic rings. The fraction of sp³-hybridized carbons (Fsp3) is 0.533. The molecule has 0 saturated heterocycles. The average molecular weight is 284 g/mol. The largest absolute Gasteiger partial charge is 0.481 e. The predicted octanol–water partition coefficient (Wildman–Crippen LogP) is 3.88. The molecule has 3 nitrogen and oxygen atoms in total. The molecule has 0 heterocycles. The Morgan fingerprint density at radius 3 is 2.32 bits per heavy atom. The highest BCUT2D eigenvalue weighted by molar-refractivity contribution is 6.30. The number of aliphatic carboxylic acids is 1. The minimum absolute atomic E-state index is 0.166. The van der Waals surface area contributed by atoms with Gasteiger partial charge in [-0.3, -0.25) is 4.79 Å². The first-order chi connectivity index (χ1) is 8.90. The zero-order chi connectivity index (χ0) is 14.4. The Kier molecular flexibility index (Phi) is 6.32. The van der Waals surface area contributed by atoms with Crippen molar-refractivity contribution in [3.05, 3.63) is 34.9 Å². The van der Waals surface area contributed by atoms with Gasteiger partial charge in [0.2, 0.25) is 0 Å². The number of carbonyl (C=O) groups is 1. The van der Waals surface area contributed by atoms with Crippen molar-refractivity contribution in [3.63, 3.8) is 0 Å². The molecule has 0 spiro atoms. The Morgan fingerprint density at radius 2 is 1.84 bits per heavy atom. The SMILES string of the molecule is CC(CCC(=O)O)NC(c1ccc(Cl)cc1)C(C)C. The van der Waals surface area contributed by atoms with Gasteiger partial charge in [-0.05, 0) is 37.0 Å². The molecular formula is C15H22ClNO2. The lowest BCUT2D eigenvalue weighted by atomic mass is 9.95. The van der Waals surface area contributed by atoms with E-state index in [0.29, 0.717) is 12.3 Å². The van der Waals surface area contributed by atoms with E-state index in [-0.39, 0.29) is 18.5 Å². The Morgan fingerprint density at radius 1 is 1.26 bits per heavy atom. The van der Waals surface area contributed by atoms with E-state index < -0.39 is 5.97 Å². The van der Waals surface area contributed by atoms with Crippen LogP contribution in [0.3, 0.4) is 0 Å². The van der Waals surface area contributed by atoms with Crippen molar-refractivity contribution in [1.29, 1.82) is 0 Å². The second-order valence-electron chi connectivity index (χ2n) is 5.27. The highest BCUT2D eigenvalue weighted by Gasteiger charge is 2.18. The summed E-state index contributed by atoms with van der Waals surface area (Å²) in [6.07, 6.45) is 0.825. The van der Waals surface area contributed by atoms with Crippen LogP contribution in [0.4, 0.5) is 0 Å². The van der Waals surface area contributed by atoms with Gasteiger partial charge in [0.25, 0.3) is 0 Å². The number of carboxylic acid groups (broad SMARTS) is 1. The maximum Gasteiger partial charge on any atom is 0.303 e. The third kappa shape index (κ3) is 5.62. The summed E-state index contributed by atoms with van der Waals surface area (Å²) in [5, 5.41) is 12.9. The van der Waals surface area contributed by atoms with Crippen LogP contribution in [0.15, 0.2) is 24.3 Å². The van der Waals surface area contributed by atoms with Crippen LogP contribution in [0.5, 0.6) is 0 Å². The molecule has 106 valence electrons. The molecule has 2 N–H and O–H groups in total. The van der Waals surface area contributed by atoms with Crippen molar-refractivity contribution in [2.24, 2.45) is 5.92 Å². The lowest BCUT2D eigenvalue weighted by molar-refractivity contribution is -0.137. The van der Waals surface area contributed by atoms with Gasteiger partial charge in [-0.2, -0.15) is 0 Å². The van der Waals surface area contributed by atoms with Crippen molar-refractivity contribution in [3.8, 4) is 0 Å². The second-order valence-corrected chi connectivity index (χ2v) is 5.71. The monoisotopic (exact) mass is 283 g/mol. The second kappa shape index (κ2) is 7.51. The van der Waals surface area contributed by atoms with Gasteiger partial charge in [-0.15, -0.1) is 0 Å². The van der Waals surface area contributed by atoms with E-state index in [4.69, 9.17) is 16.7 Å². The third-order valence-electron chi connectivity index (χ3n) is 3.15. The van der Waals surface area contributed by atoms with Gasteiger partial charge in [0.1, 0.15) is 0 Å². The van der Waals surface area contributed by atoms with Gasteiger partial charge in [0.15, 0.2) is 0 Å². The van der Waals surface area contributed by atoms with Gasteiger partial charge in [-0.1, -0.05) is 37.6 Å². The number of benzene rings is 1. The normalized spacial score (nSPS) is 14.4. The molecule has 19 heavy (non-hydrogen) atoms. The van der Waals surface area contributed by atoms with E-state index in [1.807, 2.05) is 31.2 Å². The van der Waals surface area contributed by atoms with Gasteiger partial charge in [0, 0.05) is 23.5 Å². The Bertz CT molecular complexity index is 403. The molecule has 0 fully saturated rings. The van der Waals surface area contributed by atoms with E-state index in [1.54, 1.807) is 0 Å². The highest BCUT2D eigenvalue weighted by atomic mass is 35.5. The van der Waals surface area contributed by atoms with Crippen molar-refractivity contribution in [2.75, 3.05) is 0 Å². The van der Waals surface area contributed by atoms with E-state index in [2.05, 4.69) is 19.2 Å². The topological polar surface area (TPSA) is 49.3 Å². The number of hydrogen-bond donors (Lipinski definition) is 2. The first-order valence-electron chi connectivity index (χ1n) is 6.63. The molecule has 0 saturated carbocycles. The minimum atomic E-state index is -0.749. The first kappa shape index (κ1) is 16.0. The summed E-state index contributed by atoms with van der Waals surface area (Å²) in [7, 11) is 0. The van der Waals surface area contributed by atoms with E-state index in [9.17, 15) is 4.79 Å². The fourth-order valence-corrected chi connectivity index (χ4v) is 2.20. The summed E-state index contributed by atoms with van der Waals surface area (Å²) in [5.74, 6) is -0.324. The molecule has 0 aliphatic carbocycles. The summed E-state index contributed by atoms with van der Waals surface area (Å²) in [5.41, 5.74) is 1.18. The van der Waals surface area contributed by atoms with Crippen LogP contribution in [0.25, 0.3) is 0 Å². The summed E-state index contributed by atoms with van der Waals surface area (Å²) in [4.78, 5) is 10.6. The van der Waals surface area contributed by atoms with Crippen molar-refractivity contribution < 1.29 is 9.90 Å². The van der Waals surface area contributed by atoms with Crippen molar-refractivity contribution in [2.45, 2.75) is 45.7 Å². The summed E-state index contributed by atoms with van der Waals surface area (Å²) in [6.45, 7) is 6.32. The van der Waals surface area contributed by atoms with Crippen molar-refractivity contribution >= 4 is 17.6 Å². The number of rotatable bonds is 7. The zero-order valence-corrected chi connectivity index (χ0v) is 12.4. The first-order valence-corrected chi connectivity index (χ1v) is 7.01. The van der Waals surface area contributed by atoms with Crippen LogP contribution in [0.2, 0.25) is 5.02 Å². The number of nitrogens with one attached hydrogen (secondary N) is 1. The van der Waals surface area contributed by atoms with E-state index in [0.717, 1.165) is 5.02 Å². The molecule has 1 aromatic carbocycles. The van der Waals surface area contributed by atoms with Crippen LogP contribution < -0.4 is 5.32 Å². The lowest BCUT2D eigenvalue weighted by Gasteiger charge is -2.27. The molecule has 0 radical (unpaired) electrons. The maximum absolute atomic E-state index is 10.6. The van der Waals surface area contributed by atoms with Crippen LogP contribution in [-0.4, -0.2) is 17.1 Å². The Hall–Kier alpha value is -1.06. The molecule has 0 aliphatic heterocycles. The lowest BCUT2D eigenvalue weighted by Crippen LogP contribution is -2.33. The highest BCUT2D eigenvalue weighted by Crippen LogP contribution is 2.24. The molecular weight excluding hydrogens is 262 g/mol.